The van der Waals surface area contributed by atoms with Crippen LogP contribution in [0, 0.1) is 5.92 Å². The van der Waals surface area contributed by atoms with Crippen LogP contribution in [0.3, 0.4) is 0 Å². The van der Waals surface area contributed by atoms with E-state index in [2.05, 4.69) is 54.8 Å². The summed E-state index contributed by atoms with van der Waals surface area (Å²) >= 11 is 1.53. The number of hydrogen-bond donors (Lipinski definition) is 3. The van der Waals surface area contributed by atoms with Crippen molar-refractivity contribution in [3.8, 4) is 0 Å². The Morgan fingerprint density at radius 1 is 1.09 bits per heavy atom. The van der Waals surface area contributed by atoms with Crippen molar-refractivity contribution >= 4 is 56.2 Å². The highest BCUT2D eigenvalue weighted by atomic mass is 32.2. The second-order valence-electron chi connectivity index (χ2n) is 9.34. The number of rotatable bonds is 4. The summed E-state index contributed by atoms with van der Waals surface area (Å²) in [6.45, 7) is 3.10. The van der Waals surface area contributed by atoms with E-state index in [4.69, 9.17) is 9.97 Å². The average Bonchev–Trinajstić information content (AvgIpc) is 3.49. The molecule has 2 unspecified atom stereocenters. The number of benzene rings is 1. The molecule has 6 heterocycles. The van der Waals surface area contributed by atoms with Crippen LogP contribution < -0.4 is 15.5 Å². The van der Waals surface area contributed by atoms with Crippen LogP contribution in [0.1, 0.15) is 12.8 Å². The van der Waals surface area contributed by atoms with Gasteiger partial charge in [0.2, 0.25) is 0 Å². The third-order valence-electron chi connectivity index (χ3n) is 7.25. The van der Waals surface area contributed by atoms with E-state index in [0.717, 1.165) is 69.0 Å². The van der Waals surface area contributed by atoms with Crippen molar-refractivity contribution in [2.45, 2.75) is 28.9 Å². The molecule has 2 fully saturated rings. The summed E-state index contributed by atoms with van der Waals surface area (Å²) in [4.78, 5) is 26.2. The second-order valence-corrected chi connectivity index (χ2v) is 10.4. The molecule has 7 rings (SSSR count). The van der Waals surface area contributed by atoms with Crippen LogP contribution >= 0.6 is 11.8 Å². The number of para-hydroxylation sites is 1. The molecule has 35 heavy (non-hydrogen) atoms. The quantitative estimate of drug-likeness (QED) is 0.324. The highest BCUT2D eigenvalue weighted by Crippen LogP contribution is 2.39. The Hall–Kier alpha value is -3.43. The van der Waals surface area contributed by atoms with Crippen LogP contribution in [0.5, 0.6) is 0 Å². The first-order valence-electron chi connectivity index (χ1n) is 12.1. The van der Waals surface area contributed by atoms with E-state index in [0.29, 0.717) is 17.1 Å². The second kappa shape index (κ2) is 8.35. The molecule has 0 spiro atoms. The SMILES string of the molecule is CNc1cccc2c1[nH]c1nc(Sc3cnc4cccnc4c3)nc(N3CC4CCCNC4C3)c12. The van der Waals surface area contributed by atoms with Crippen LogP contribution in [0.15, 0.2) is 58.8 Å². The first-order valence-corrected chi connectivity index (χ1v) is 13.0. The fourth-order valence-corrected chi connectivity index (χ4v) is 6.34. The molecule has 5 aromatic rings. The molecule has 2 saturated heterocycles. The van der Waals surface area contributed by atoms with Gasteiger partial charge in [-0.2, -0.15) is 0 Å². The number of hydrogen-bond acceptors (Lipinski definition) is 8. The molecule has 4 aromatic heterocycles. The zero-order valence-corrected chi connectivity index (χ0v) is 20.3. The van der Waals surface area contributed by atoms with Crippen molar-refractivity contribution < 1.29 is 0 Å². The summed E-state index contributed by atoms with van der Waals surface area (Å²) in [7, 11) is 1.95. The van der Waals surface area contributed by atoms with Gasteiger partial charge in [0.25, 0.3) is 0 Å². The number of aromatic amines is 1. The molecular formula is C26H26N8S. The van der Waals surface area contributed by atoms with Crippen molar-refractivity contribution in [3.05, 3.63) is 48.8 Å². The van der Waals surface area contributed by atoms with Gasteiger partial charge in [-0.1, -0.05) is 12.1 Å². The van der Waals surface area contributed by atoms with Gasteiger partial charge in [0.05, 0.1) is 27.6 Å². The molecule has 2 atom stereocenters. The molecule has 2 aliphatic heterocycles. The lowest BCUT2D eigenvalue weighted by Crippen LogP contribution is -2.40. The highest BCUT2D eigenvalue weighted by Gasteiger charge is 2.36. The Morgan fingerprint density at radius 2 is 2.06 bits per heavy atom. The largest absolute Gasteiger partial charge is 0.386 e. The fourth-order valence-electron chi connectivity index (χ4n) is 5.58. The van der Waals surface area contributed by atoms with E-state index in [-0.39, 0.29) is 0 Å². The first-order chi connectivity index (χ1) is 17.3. The summed E-state index contributed by atoms with van der Waals surface area (Å²) in [5.41, 5.74) is 4.75. The van der Waals surface area contributed by atoms with Gasteiger partial charge >= 0.3 is 0 Å². The van der Waals surface area contributed by atoms with E-state index in [1.165, 1.54) is 24.6 Å². The maximum absolute atomic E-state index is 5.16. The van der Waals surface area contributed by atoms with Crippen LogP contribution in [0.2, 0.25) is 0 Å². The summed E-state index contributed by atoms with van der Waals surface area (Å²) in [6, 6.07) is 12.8. The number of pyridine rings is 2. The number of nitrogens with one attached hydrogen (secondary N) is 3. The molecule has 0 radical (unpaired) electrons. The van der Waals surface area contributed by atoms with Gasteiger partial charge in [-0.05, 0) is 61.3 Å². The third-order valence-corrected chi connectivity index (χ3v) is 8.07. The van der Waals surface area contributed by atoms with Crippen molar-refractivity contribution in [2.75, 3.05) is 36.9 Å². The summed E-state index contributed by atoms with van der Waals surface area (Å²) in [5, 5.41) is 9.99. The lowest BCUT2D eigenvalue weighted by atomic mass is 9.94. The van der Waals surface area contributed by atoms with Crippen molar-refractivity contribution in [3.63, 3.8) is 0 Å². The van der Waals surface area contributed by atoms with Gasteiger partial charge in [-0.15, -0.1) is 0 Å². The van der Waals surface area contributed by atoms with Crippen molar-refractivity contribution in [2.24, 2.45) is 5.92 Å². The lowest BCUT2D eigenvalue weighted by Gasteiger charge is -2.24. The van der Waals surface area contributed by atoms with Gasteiger partial charge in [0, 0.05) is 48.9 Å². The predicted octanol–water partition coefficient (Wildman–Crippen LogP) is 4.44. The highest BCUT2D eigenvalue weighted by molar-refractivity contribution is 7.99. The number of H-pyrrole nitrogens is 1. The molecule has 0 amide bonds. The predicted molar refractivity (Wildman–Crippen MR) is 141 cm³/mol. The van der Waals surface area contributed by atoms with Crippen LogP contribution in [-0.2, 0) is 0 Å². The van der Waals surface area contributed by atoms with E-state index < -0.39 is 0 Å². The van der Waals surface area contributed by atoms with Crippen molar-refractivity contribution in [1.82, 2.24) is 30.2 Å². The molecule has 0 aliphatic carbocycles. The minimum atomic E-state index is 0.527. The van der Waals surface area contributed by atoms with E-state index in [1.807, 2.05) is 25.4 Å². The molecule has 1 aromatic carbocycles. The number of fused-ring (bicyclic) bond motifs is 5. The number of anilines is 2. The zero-order chi connectivity index (χ0) is 23.4. The monoisotopic (exact) mass is 482 g/mol. The summed E-state index contributed by atoms with van der Waals surface area (Å²) < 4.78 is 0. The number of nitrogens with zero attached hydrogens (tertiary/aromatic N) is 5. The maximum Gasteiger partial charge on any atom is 0.196 e. The maximum atomic E-state index is 5.16. The summed E-state index contributed by atoms with van der Waals surface area (Å²) in [5.74, 6) is 1.68. The first kappa shape index (κ1) is 20.9. The third kappa shape index (κ3) is 3.57. The Bertz CT molecular complexity index is 1550. The number of aromatic nitrogens is 5. The van der Waals surface area contributed by atoms with Gasteiger partial charge in [-0.3, -0.25) is 9.97 Å². The minimum Gasteiger partial charge on any atom is -0.386 e. The molecule has 2 aliphatic rings. The van der Waals surface area contributed by atoms with E-state index >= 15 is 0 Å². The fraction of sp³-hybridized carbons (Fsp3) is 0.308. The molecule has 3 N–H and O–H groups in total. The van der Waals surface area contributed by atoms with Gasteiger partial charge in [0.15, 0.2) is 5.16 Å². The topological polar surface area (TPSA) is 94.7 Å². The smallest absolute Gasteiger partial charge is 0.196 e. The lowest BCUT2D eigenvalue weighted by molar-refractivity contribution is 0.340. The Balaban J connectivity index is 1.36. The normalized spacial score (nSPS) is 20.1. The molecule has 9 heteroatoms. The Morgan fingerprint density at radius 3 is 2.97 bits per heavy atom. The van der Waals surface area contributed by atoms with E-state index in [1.54, 1.807) is 6.20 Å². The van der Waals surface area contributed by atoms with Crippen LogP contribution in [-0.4, -0.2) is 57.6 Å². The summed E-state index contributed by atoms with van der Waals surface area (Å²) in [6.07, 6.45) is 6.19. The Labute approximate surface area is 207 Å². The standard InChI is InChI=1S/C26H26N8S/c1-27-19-7-2-6-17-22-24(31-23(17)19)32-26(35-16-11-20-18(30-12-16)8-4-10-28-20)33-25(22)34-13-15-5-3-9-29-21(15)14-34/h2,4,6-8,10-12,15,21,27,29H,3,5,9,13-14H2,1H3,(H,31,32,33). The molecule has 8 nitrogen and oxygen atoms in total. The van der Waals surface area contributed by atoms with Crippen LogP contribution in [0.25, 0.3) is 33.0 Å². The van der Waals surface area contributed by atoms with Gasteiger partial charge in [0.1, 0.15) is 11.5 Å². The van der Waals surface area contributed by atoms with Gasteiger partial charge < -0.3 is 20.5 Å². The minimum absolute atomic E-state index is 0.527. The molecule has 0 bridgehead atoms. The van der Waals surface area contributed by atoms with E-state index in [9.17, 15) is 0 Å². The zero-order valence-electron chi connectivity index (χ0n) is 19.5. The van der Waals surface area contributed by atoms with Gasteiger partial charge in [-0.25, -0.2) is 9.97 Å². The van der Waals surface area contributed by atoms with Crippen molar-refractivity contribution in [1.29, 1.82) is 0 Å². The number of piperidine rings is 1. The molecule has 176 valence electrons. The average molecular weight is 483 g/mol. The molecular weight excluding hydrogens is 456 g/mol. The molecule has 0 saturated carbocycles. The van der Waals surface area contributed by atoms with Crippen LogP contribution in [0.4, 0.5) is 11.5 Å². The Kier molecular flexibility index (Phi) is 4.99.